The molecule has 0 aliphatic carbocycles. The van der Waals surface area contributed by atoms with E-state index in [2.05, 4.69) is 5.32 Å². The van der Waals surface area contributed by atoms with Crippen LogP contribution in [0.5, 0.6) is 0 Å². The van der Waals surface area contributed by atoms with Gasteiger partial charge in [0.1, 0.15) is 5.78 Å². The Morgan fingerprint density at radius 3 is 2.25 bits per heavy atom. The lowest BCUT2D eigenvalue weighted by Gasteiger charge is -2.29. The van der Waals surface area contributed by atoms with E-state index >= 15 is 0 Å². The highest BCUT2D eigenvalue weighted by Crippen LogP contribution is 2.16. The van der Waals surface area contributed by atoms with Crippen LogP contribution in [0.15, 0.2) is 0 Å². The van der Waals surface area contributed by atoms with Gasteiger partial charge in [-0.3, -0.25) is 4.79 Å². The number of hydrogen-bond acceptors (Lipinski definition) is 3. The van der Waals surface area contributed by atoms with Crippen molar-refractivity contribution in [2.45, 2.75) is 13.8 Å². The van der Waals surface area contributed by atoms with E-state index in [1.165, 1.54) is 0 Å². The van der Waals surface area contributed by atoms with Crippen LogP contribution in [0.3, 0.4) is 0 Å². The third kappa shape index (κ3) is 3.32. The Bertz CT molecular complexity index is 157. The Kier molecular flexibility index (Phi) is 4.42. The highest BCUT2D eigenvalue weighted by molar-refractivity contribution is 5.82. The predicted molar refractivity (Wildman–Crippen MR) is 51.3 cm³/mol. The van der Waals surface area contributed by atoms with E-state index in [-0.39, 0.29) is 11.2 Å². The van der Waals surface area contributed by atoms with Crippen LogP contribution in [0.25, 0.3) is 0 Å². The molecule has 0 radical (unpaired) electrons. The van der Waals surface area contributed by atoms with Crippen LogP contribution in [-0.4, -0.2) is 44.9 Å². The minimum atomic E-state index is -0.252. The van der Waals surface area contributed by atoms with Gasteiger partial charge in [-0.1, -0.05) is 6.92 Å². The van der Waals surface area contributed by atoms with Gasteiger partial charge in [0, 0.05) is 13.1 Å². The summed E-state index contributed by atoms with van der Waals surface area (Å²) in [6.45, 7) is 5.18. The van der Waals surface area contributed by atoms with Gasteiger partial charge >= 0.3 is 0 Å². The molecule has 1 unspecified atom stereocenters. The van der Waals surface area contributed by atoms with Crippen molar-refractivity contribution in [2.75, 3.05) is 34.2 Å². The quantitative estimate of drug-likeness (QED) is 0.650. The molecule has 0 saturated carbocycles. The average Bonchev–Trinajstić information content (AvgIpc) is 1.85. The summed E-state index contributed by atoms with van der Waals surface area (Å²) in [5, 5.41) is 3.05. The average molecular weight is 172 g/mol. The van der Waals surface area contributed by atoms with Crippen LogP contribution in [-0.2, 0) is 4.79 Å². The molecule has 0 aromatic carbocycles. The van der Waals surface area contributed by atoms with Crippen molar-refractivity contribution in [3.63, 3.8) is 0 Å². The first-order valence-electron chi connectivity index (χ1n) is 4.23. The van der Waals surface area contributed by atoms with Gasteiger partial charge in [-0.05, 0) is 28.1 Å². The van der Waals surface area contributed by atoms with E-state index in [4.69, 9.17) is 0 Å². The van der Waals surface area contributed by atoms with Crippen LogP contribution in [0.2, 0.25) is 0 Å². The molecule has 0 saturated heterocycles. The lowest BCUT2D eigenvalue weighted by molar-refractivity contribution is -0.126. The third-order valence-electron chi connectivity index (χ3n) is 2.08. The van der Waals surface area contributed by atoms with Crippen LogP contribution >= 0.6 is 0 Å². The molecular formula is C9H20N2O. The third-order valence-corrected chi connectivity index (χ3v) is 2.08. The van der Waals surface area contributed by atoms with Gasteiger partial charge < -0.3 is 10.2 Å². The largest absolute Gasteiger partial charge is 0.319 e. The van der Waals surface area contributed by atoms with Gasteiger partial charge in [0.05, 0.1) is 5.41 Å². The Hall–Kier alpha value is -0.410. The number of ketones is 1. The molecule has 72 valence electrons. The highest BCUT2D eigenvalue weighted by Gasteiger charge is 2.29. The molecule has 12 heavy (non-hydrogen) atoms. The lowest BCUT2D eigenvalue weighted by atomic mass is 9.86. The van der Waals surface area contributed by atoms with Crippen LogP contribution in [0.4, 0.5) is 0 Å². The van der Waals surface area contributed by atoms with Crippen molar-refractivity contribution >= 4 is 5.78 Å². The normalized spacial score (nSPS) is 16.2. The minimum absolute atomic E-state index is 0.241. The number of nitrogens with one attached hydrogen (secondary N) is 1. The second-order valence-electron chi connectivity index (χ2n) is 3.88. The van der Waals surface area contributed by atoms with Gasteiger partial charge in [-0.25, -0.2) is 0 Å². The van der Waals surface area contributed by atoms with Crippen molar-refractivity contribution in [3.05, 3.63) is 0 Å². The molecule has 0 heterocycles. The van der Waals surface area contributed by atoms with Crippen molar-refractivity contribution in [1.29, 1.82) is 0 Å². The Balaban J connectivity index is 4.28. The Morgan fingerprint density at radius 1 is 1.50 bits per heavy atom. The number of carbonyl (C=O) groups is 1. The predicted octanol–water partition coefficient (Wildman–Crippen LogP) is 0.363. The number of carbonyl (C=O) groups excluding carboxylic acids is 1. The Labute approximate surface area is 75.1 Å². The van der Waals surface area contributed by atoms with Gasteiger partial charge in [0.2, 0.25) is 0 Å². The fourth-order valence-corrected chi connectivity index (χ4v) is 1.38. The molecule has 3 heteroatoms. The summed E-state index contributed by atoms with van der Waals surface area (Å²) in [4.78, 5) is 13.4. The topological polar surface area (TPSA) is 32.3 Å². The van der Waals surface area contributed by atoms with Crippen LogP contribution in [0.1, 0.15) is 13.8 Å². The first kappa shape index (κ1) is 11.6. The summed E-state index contributed by atoms with van der Waals surface area (Å²) >= 11 is 0. The maximum atomic E-state index is 11.3. The van der Waals surface area contributed by atoms with Gasteiger partial charge in [-0.2, -0.15) is 0 Å². The number of Topliss-reactive ketones (excluding diaryl/α,β-unsaturated/α-hetero) is 1. The first-order valence-corrected chi connectivity index (χ1v) is 4.23. The fraction of sp³-hybridized carbons (Fsp3) is 0.889. The molecule has 0 bridgehead atoms. The molecule has 0 aliphatic heterocycles. The van der Waals surface area contributed by atoms with E-state index in [1.54, 1.807) is 6.92 Å². The van der Waals surface area contributed by atoms with E-state index in [9.17, 15) is 4.79 Å². The van der Waals surface area contributed by atoms with E-state index in [0.717, 1.165) is 13.1 Å². The lowest BCUT2D eigenvalue weighted by Crippen LogP contribution is -2.43. The van der Waals surface area contributed by atoms with Crippen molar-refractivity contribution in [2.24, 2.45) is 5.41 Å². The van der Waals surface area contributed by atoms with Crippen molar-refractivity contribution < 1.29 is 4.79 Å². The summed E-state index contributed by atoms with van der Waals surface area (Å²) in [6, 6.07) is 0. The summed E-state index contributed by atoms with van der Waals surface area (Å²) < 4.78 is 0. The molecule has 0 rings (SSSR count). The maximum absolute atomic E-state index is 11.3. The highest BCUT2D eigenvalue weighted by atomic mass is 16.1. The van der Waals surface area contributed by atoms with Gasteiger partial charge in [-0.15, -0.1) is 0 Å². The molecular weight excluding hydrogens is 152 g/mol. The molecule has 0 aromatic rings. The van der Waals surface area contributed by atoms with E-state index in [1.807, 2.05) is 33.0 Å². The SMILES string of the molecule is CNCC(C)(CN(C)C)C(C)=O. The Morgan fingerprint density at radius 2 is 2.00 bits per heavy atom. The summed E-state index contributed by atoms with van der Waals surface area (Å²) in [5.74, 6) is 0.241. The molecule has 0 aromatic heterocycles. The van der Waals surface area contributed by atoms with Gasteiger partial charge in [0.15, 0.2) is 0 Å². The minimum Gasteiger partial charge on any atom is -0.319 e. The zero-order valence-electron chi connectivity index (χ0n) is 8.77. The molecule has 3 nitrogen and oxygen atoms in total. The smallest absolute Gasteiger partial charge is 0.138 e. The number of hydrogen-bond donors (Lipinski definition) is 1. The summed E-state index contributed by atoms with van der Waals surface area (Å²) in [6.07, 6.45) is 0. The standard InChI is InChI=1S/C9H20N2O/c1-8(12)9(2,6-10-3)7-11(4)5/h10H,6-7H2,1-5H3. The molecule has 1 N–H and O–H groups in total. The van der Waals surface area contributed by atoms with E-state index in [0.29, 0.717) is 0 Å². The first-order chi connectivity index (χ1) is 5.42. The molecule has 0 amide bonds. The zero-order valence-corrected chi connectivity index (χ0v) is 8.77. The van der Waals surface area contributed by atoms with E-state index < -0.39 is 0 Å². The monoisotopic (exact) mass is 172 g/mol. The van der Waals surface area contributed by atoms with Crippen LogP contribution in [0, 0.1) is 5.41 Å². The maximum Gasteiger partial charge on any atom is 0.138 e. The fourth-order valence-electron chi connectivity index (χ4n) is 1.38. The second kappa shape index (κ2) is 4.58. The van der Waals surface area contributed by atoms with Crippen molar-refractivity contribution in [3.8, 4) is 0 Å². The molecule has 0 fully saturated rings. The van der Waals surface area contributed by atoms with Crippen molar-refractivity contribution in [1.82, 2.24) is 10.2 Å². The summed E-state index contributed by atoms with van der Waals surface area (Å²) in [7, 11) is 5.84. The molecule has 1 atom stereocenters. The second-order valence-corrected chi connectivity index (χ2v) is 3.88. The number of nitrogens with zero attached hydrogens (tertiary/aromatic N) is 1. The van der Waals surface area contributed by atoms with Crippen LogP contribution < -0.4 is 5.32 Å². The molecule has 0 aliphatic rings. The summed E-state index contributed by atoms with van der Waals surface area (Å²) in [5.41, 5.74) is -0.252. The zero-order chi connectivity index (χ0) is 9.78. The number of rotatable bonds is 5. The van der Waals surface area contributed by atoms with Gasteiger partial charge in [0.25, 0.3) is 0 Å². The molecule has 0 spiro atoms.